The summed E-state index contributed by atoms with van der Waals surface area (Å²) in [6.45, 7) is 6.81. The van der Waals surface area contributed by atoms with Gasteiger partial charge in [-0.15, -0.1) is 11.3 Å². The van der Waals surface area contributed by atoms with E-state index in [4.69, 9.17) is 16.3 Å². The number of fused-ring (bicyclic) bond motifs is 1. The van der Waals surface area contributed by atoms with Crippen molar-refractivity contribution < 1.29 is 14.3 Å². The number of rotatable bonds is 5. The Hall–Kier alpha value is -1.92. The molecule has 0 spiro atoms. The van der Waals surface area contributed by atoms with Gasteiger partial charge >= 0.3 is 5.97 Å². The summed E-state index contributed by atoms with van der Waals surface area (Å²) in [4.78, 5) is 30.3. The van der Waals surface area contributed by atoms with E-state index < -0.39 is 5.97 Å². The van der Waals surface area contributed by atoms with E-state index in [1.165, 1.54) is 24.6 Å². The van der Waals surface area contributed by atoms with E-state index in [1.807, 2.05) is 0 Å². The number of esters is 1. The van der Waals surface area contributed by atoms with Crippen LogP contribution in [-0.2, 0) is 17.6 Å². The summed E-state index contributed by atoms with van der Waals surface area (Å²) < 4.78 is 5.01. The molecule has 3 rings (SSSR count). The molecule has 0 radical (unpaired) electrons. The highest BCUT2D eigenvalue weighted by atomic mass is 35.5. The number of halogens is 1. The third-order valence-corrected chi connectivity index (χ3v) is 7.37. The van der Waals surface area contributed by atoms with Crippen LogP contribution in [0, 0.1) is 11.3 Å². The molecular formula is C21H25ClN2O3S. The number of aromatic nitrogens is 1. The number of thiophene rings is 1. The van der Waals surface area contributed by atoms with E-state index in [0.29, 0.717) is 16.5 Å². The zero-order valence-electron chi connectivity index (χ0n) is 16.6. The van der Waals surface area contributed by atoms with Gasteiger partial charge in [-0.2, -0.15) is 0 Å². The maximum Gasteiger partial charge on any atom is 0.341 e. The smallest absolute Gasteiger partial charge is 0.341 e. The Morgan fingerprint density at radius 1 is 1.43 bits per heavy atom. The second kappa shape index (κ2) is 8.21. The van der Waals surface area contributed by atoms with Gasteiger partial charge in [-0.3, -0.25) is 4.79 Å². The Morgan fingerprint density at radius 2 is 2.18 bits per heavy atom. The van der Waals surface area contributed by atoms with Crippen molar-refractivity contribution in [3.63, 3.8) is 0 Å². The predicted octanol–water partition coefficient (Wildman–Crippen LogP) is 5.38. The van der Waals surface area contributed by atoms with Gasteiger partial charge in [-0.25, -0.2) is 9.78 Å². The summed E-state index contributed by atoms with van der Waals surface area (Å²) in [5.41, 5.74) is 1.99. The maximum atomic E-state index is 12.7. The van der Waals surface area contributed by atoms with Crippen molar-refractivity contribution in [1.82, 2.24) is 4.98 Å². The van der Waals surface area contributed by atoms with Gasteiger partial charge in [0, 0.05) is 11.1 Å². The molecule has 0 saturated carbocycles. The second-order valence-electron chi connectivity index (χ2n) is 7.78. The van der Waals surface area contributed by atoms with Gasteiger partial charge in [-0.05, 0) is 48.3 Å². The van der Waals surface area contributed by atoms with Crippen LogP contribution in [0.25, 0.3) is 0 Å². The summed E-state index contributed by atoms with van der Waals surface area (Å²) in [6, 6.07) is 3.26. The number of pyridine rings is 1. The maximum absolute atomic E-state index is 12.7. The summed E-state index contributed by atoms with van der Waals surface area (Å²) in [5, 5.41) is 3.52. The monoisotopic (exact) mass is 420 g/mol. The Labute approximate surface area is 174 Å². The normalized spacial score (nSPS) is 16.4. The van der Waals surface area contributed by atoms with Crippen molar-refractivity contribution in [2.24, 2.45) is 11.3 Å². The molecule has 0 aliphatic heterocycles. The number of nitrogens with zero attached hydrogens (tertiary/aromatic N) is 1. The number of hydrogen-bond donors (Lipinski definition) is 1. The first kappa shape index (κ1) is 20.8. The highest BCUT2D eigenvalue weighted by Crippen LogP contribution is 2.45. The van der Waals surface area contributed by atoms with Crippen molar-refractivity contribution >= 4 is 39.8 Å². The third kappa shape index (κ3) is 3.94. The zero-order chi connectivity index (χ0) is 20.5. The molecule has 0 saturated heterocycles. The average Bonchev–Trinajstić information content (AvgIpc) is 3.04. The van der Waals surface area contributed by atoms with Gasteiger partial charge in [0.05, 0.1) is 18.2 Å². The van der Waals surface area contributed by atoms with E-state index in [2.05, 4.69) is 31.1 Å². The molecule has 28 heavy (non-hydrogen) atoms. The minimum atomic E-state index is -0.418. The van der Waals surface area contributed by atoms with Gasteiger partial charge < -0.3 is 10.1 Å². The number of anilines is 1. The minimum absolute atomic E-state index is 0.130. The molecule has 2 aromatic heterocycles. The van der Waals surface area contributed by atoms with Crippen LogP contribution >= 0.6 is 22.9 Å². The fourth-order valence-corrected chi connectivity index (χ4v) is 5.19. The van der Waals surface area contributed by atoms with Gasteiger partial charge in [0.25, 0.3) is 5.91 Å². The van der Waals surface area contributed by atoms with Gasteiger partial charge in [0.15, 0.2) is 0 Å². The number of hydrogen-bond acceptors (Lipinski definition) is 5. The zero-order valence-corrected chi connectivity index (χ0v) is 18.2. The van der Waals surface area contributed by atoms with Crippen molar-refractivity contribution in [2.75, 3.05) is 12.4 Å². The quantitative estimate of drug-likeness (QED) is 0.521. The Bertz CT molecular complexity index is 907. The highest BCUT2D eigenvalue weighted by molar-refractivity contribution is 7.17. The minimum Gasteiger partial charge on any atom is -0.465 e. The van der Waals surface area contributed by atoms with Gasteiger partial charge in [0.1, 0.15) is 10.2 Å². The number of carbonyl (C=O) groups excluding carboxylic acids is 2. The van der Waals surface area contributed by atoms with Gasteiger partial charge in [-0.1, -0.05) is 38.8 Å². The first-order chi connectivity index (χ1) is 13.3. The molecule has 1 N–H and O–H groups in total. The van der Waals surface area contributed by atoms with Crippen molar-refractivity contribution in [2.45, 2.75) is 46.5 Å². The first-order valence-electron chi connectivity index (χ1n) is 9.43. The van der Waals surface area contributed by atoms with Crippen molar-refractivity contribution in [3.05, 3.63) is 45.1 Å². The Balaban J connectivity index is 1.95. The average molecular weight is 421 g/mol. The highest BCUT2D eigenvalue weighted by Gasteiger charge is 2.35. The molecule has 0 fully saturated rings. The SMILES string of the molecule is CCC(C)(C)[C@H]1CCc2c(sc(NC(=O)c3cccnc3Cl)c2C(=O)OC)C1. The summed E-state index contributed by atoms with van der Waals surface area (Å²) in [7, 11) is 1.36. The topological polar surface area (TPSA) is 68.3 Å². The molecule has 5 nitrogen and oxygen atoms in total. The molecular weight excluding hydrogens is 396 g/mol. The van der Waals surface area contributed by atoms with Crippen LogP contribution < -0.4 is 5.32 Å². The number of amides is 1. The molecule has 0 bridgehead atoms. The Morgan fingerprint density at radius 3 is 2.82 bits per heavy atom. The number of carbonyl (C=O) groups is 2. The molecule has 1 atom stereocenters. The molecule has 150 valence electrons. The Kier molecular flexibility index (Phi) is 6.10. The molecule has 1 aliphatic rings. The summed E-state index contributed by atoms with van der Waals surface area (Å²) in [5.74, 6) is -0.254. The molecule has 1 amide bonds. The third-order valence-electron chi connectivity index (χ3n) is 5.90. The van der Waals surface area contributed by atoms with Crippen LogP contribution in [-0.4, -0.2) is 24.0 Å². The molecule has 7 heteroatoms. The van der Waals surface area contributed by atoms with Crippen LogP contribution in [0.5, 0.6) is 0 Å². The standard InChI is InChI=1S/C21H25ClN2O3S/c1-5-21(2,3)12-8-9-13-15(11-12)28-19(16(13)20(26)27-4)24-18(25)14-7-6-10-23-17(14)22/h6-7,10,12H,5,8-9,11H2,1-4H3,(H,24,25)/t12-/m0/s1. The van der Waals surface area contributed by atoms with Crippen molar-refractivity contribution in [1.29, 1.82) is 0 Å². The lowest BCUT2D eigenvalue weighted by molar-refractivity contribution is 0.0600. The predicted molar refractivity (Wildman–Crippen MR) is 112 cm³/mol. The first-order valence-corrected chi connectivity index (χ1v) is 10.6. The molecule has 2 aromatic rings. The van der Waals surface area contributed by atoms with E-state index in [0.717, 1.165) is 36.1 Å². The summed E-state index contributed by atoms with van der Waals surface area (Å²) in [6.07, 6.45) is 5.38. The van der Waals surface area contributed by atoms with Crippen LogP contribution in [0.4, 0.5) is 5.00 Å². The lowest BCUT2D eigenvalue weighted by Gasteiger charge is -2.36. The number of methoxy groups -OCH3 is 1. The van der Waals surface area contributed by atoms with Crippen LogP contribution in [0.15, 0.2) is 18.3 Å². The van der Waals surface area contributed by atoms with E-state index >= 15 is 0 Å². The van der Waals surface area contributed by atoms with Crippen molar-refractivity contribution in [3.8, 4) is 0 Å². The lowest BCUT2D eigenvalue weighted by atomic mass is 9.69. The largest absolute Gasteiger partial charge is 0.465 e. The fraction of sp³-hybridized carbons (Fsp3) is 0.476. The van der Waals surface area contributed by atoms with E-state index in [9.17, 15) is 9.59 Å². The molecule has 2 heterocycles. The number of ether oxygens (including phenoxy) is 1. The van der Waals surface area contributed by atoms with Crippen LogP contribution in [0.1, 0.15) is 64.8 Å². The van der Waals surface area contributed by atoms with Gasteiger partial charge in [0.2, 0.25) is 0 Å². The lowest BCUT2D eigenvalue weighted by Crippen LogP contribution is -2.28. The van der Waals surface area contributed by atoms with E-state index in [-0.39, 0.29) is 22.0 Å². The second-order valence-corrected chi connectivity index (χ2v) is 9.24. The molecule has 1 aliphatic carbocycles. The fourth-order valence-electron chi connectivity index (χ4n) is 3.67. The van der Waals surface area contributed by atoms with E-state index in [1.54, 1.807) is 12.1 Å². The number of nitrogens with one attached hydrogen (secondary N) is 1. The van der Waals surface area contributed by atoms with Crippen LogP contribution in [0.2, 0.25) is 5.15 Å². The molecule has 0 unspecified atom stereocenters. The summed E-state index contributed by atoms with van der Waals surface area (Å²) >= 11 is 7.51. The van der Waals surface area contributed by atoms with Crippen LogP contribution in [0.3, 0.4) is 0 Å². The molecule has 0 aromatic carbocycles.